The lowest BCUT2D eigenvalue weighted by atomic mass is 9.88. The van der Waals surface area contributed by atoms with Crippen molar-refractivity contribution in [1.82, 2.24) is 49.7 Å². The number of methoxy groups -OCH3 is 2. The summed E-state index contributed by atoms with van der Waals surface area (Å²) in [5, 5.41) is 4.65. The average Bonchev–Trinajstić information content (AvgIpc) is 1.65. The molecule has 0 radical (unpaired) electrons. The number of nitrogens with zero attached hydrogens (tertiary/aromatic N) is 11. The van der Waals surface area contributed by atoms with E-state index in [4.69, 9.17) is 25.8 Å². The van der Waals surface area contributed by atoms with Crippen LogP contribution < -0.4 is 14.4 Å². The van der Waals surface area contributed by atoms with Crippen LogP contribution in [-0.4, -0.2) is 90.2 Å². The summed E-state index contributed by atoms with van der Waals surface area (Å²) in [6.07, 6.45) is 24.6. The number of morpholine rings is 1. The summed E-state index contributed by atoms with van der Waals surface area (Å²) >= 11 is 5.65. The lowest BCUT2D eigenvalue weighted by Gasteiger charge is -2.28. The van der Waals surface area contributed by atoms with Gasteiger partial charge >= 0.3 is 0 Å². The number of aromatic nitrogens is 10. The maximum absolute atomic E-state index is 5.65. The lowest BCUT2D eigenvalue weighted by molar-refractivity contribution is 0.122. The molecule has 0 aromatic carbocycles. The Morgan fingerprint density at radius 1 is 0.379 bits per heavy atom. The molecule has 0 aliphatic carbocycles. The number of hydrogen-bond acceptors (Lipinski definition) is 13. The highest BCUT2D eigenvalue weighted by Gasteiger charge is 2.21. The minimum absolute atomic E-state index is 0.140. The van der Waals surface area contributed by atoms with Crippen LogP contribution in [0, 0.1) is 13.8 Å². The van der Waals surface area contributed by atoms with Gasteiger partial charge in [0.05, 0.1) is 39.8 Å². The van der Waals surface area contributed by atoms with E-state index in [2.05, 4.69) is 292 Å². The van der Waals surface area contributed by atoms with Crippen LogP contribution in [0.3, 0.4) is 0 Å². The van der Waals surface area contributed by atoms with Crippen LogP contribution in [0.2, 0.25) is 5.15 Å². The predicted octanol–water partition coefficient (Wildman–Crippen LogP) is 21.9. The monoisotopic (exact) mass is 1430 g/mol. The first-order valence-corrected chi connectivity index (χ1v) is 36.3. The molecule has 0 amide bonds. The highest BCUT2D eigenvalue weighted by Crippen LogP contribution is 2.29. The molecule has 10 heterocycles. The van der Waals surface area contributed by atoms with Crippen molar-refractivity contribution in [3.8, 4) is 11.6 Å². The van der Waals surface area contributed by atoms with Crippen molar-refractivity contribution in [1.29, 1.82) is 0 Å². The fraction of sp³-hybridized carbons (Fsp3) is 0.511. The Bertz CT molecular complexity index is 3650. The SMILES string of the molecule is CC(C)(C)c1ccc(Cl)nc1.CC(C)(C)c1ccc(N2CCOCC2)nc1.CC(C)(C)c1ccccn1.CC(C)(C)c1cccnc1.COc1ccc(C(C)(C)C)cn1.COc1cncc(C(C)(C)C)c1.Cc1ccc(C(C)(C)C)cn1.Cc1cncc(C(C)(C)C)c1.Cn1cc(C(C)(C)C)cn1. The second-order valence-electron chi connectivity index (χ2n) is 35.1. The van der Waals surface area contributed by atoms with Crippen molar-refractivity contribution in [2.75, 3.05) is 45.4 Å². The van der Waals surface area contributed by atoms with Crippen molar-refractivity contribution in [3.63, 3.8) is 0 Å². The number of aryl methyl sites for hydroxylation is 3. The van der Waals surface area contributed by atoms with Crippen molar-refractivity contribution < 1.29 is 14.2 Å². The van der Waals surface area contributed by atoms with E-state index >= 15 is 0 Å². The van der Waals surface area contributed by atoms with Gasteiger partial charge in [0.25, 0.3) is 0 Å². The fourth-order valence-corrected chi connectivity index (χ4v) is 8.92. The number of halogens is 1. The van der Waals surface area contributed by atoms with Crippen molar-refractivity contribution in [3.05, 3.63) is 238 Å². The molecule has 10 rings (SSSR count). The normalized spacial score (nSPS) is 12.5. The molecule has 0 N–H and O–H groups in total. The van der Waals surface area contributed by atoms with Gasteiger partial charge in [-0.05, 0) is 150 Å². The van der Waals surface area contributed by atoms with Gasteiger partial charge in [0.15, 0.2) is 0 Å². The van der Waals surface area contributed by atoms with Gasteiger partial charge in [-0.25, -0.2) is 15.0 Å². The van der Waals surface area contributed by atoms with Crippen molar-refractivity contribution in [2.24, 2.45) is 7.05 Å². The van der Waals surface area contributed by atoms with E-state index in [0.29, 0.717) is 11.0 Å². The number of anilines is 1. The van der Waals surface area contributed by atoms with Crippen LogP contribution >= 0.6 is 11.6 Å². The molecular weight excluding hydrogens is 1290 g/mol. The topological polar surface area (TPSA) is 152 Å². The lowest BCUT2D eigenvalue weighted by Crippen LogP contribution is -2.36. The van der Waals surface area contributed by atoms with Crippen LogP contribution in [0.4, 0.5) is 5.82 Å². The van der Waals surface area contributed by atoms with Gasteiger partial charge in [-0.15, -0.1) is 0 Å². The molecular formula is C88H132ClN11O3. The van der Waals surface area contributed by atoms with Gasteiger partial charge in [-0.2, -0.15) is 5.10 Å². The molecule has 1 aliphatic heterocycles. The van der Waals surface area contributed by atoms with Gasteiger partial charge in [-0.1, -0.05) is 241 Å². The first kappa shape index (κ1) is 91.1. The summed E-state index contributed by atoms with van der Waals surface area (Å²) in [5.41, 5.74) is 15.3. The minimum atomic E-state index is 0.140. The first-order chi connectivity index (χ1) is 47.4. The van der Waals surface area contributed by atoms with E-state index in [0.717, 1.165) is 49.3 Å². The summed E-state index contributed by atoms with van der Waals surface area (Å²) in [4.78, 5) is 35.8. The van der Waals surface area contributed by atoms with Crippen LogP contribution in [-0.2, 0) is 60.5 Å². The standard InChI is InChI=1S/C13H20N2O.2C10H15NO.2C10H15N.C9H12ClN.2C9H13N.C8H14N2/c1-13(2,3)11-4-5-12(14-10-11)15-6-8-16-9-7-15;1-10(2,3)8-5-9(12-4)7-11-6-8;1-10(2,3)8-5-6-9(12-4)11-7-8;1-8-5-9(7-11-6-8)10(2,3)4;1-8-5-6-9(7-11-8)10(2,3)4;1-9(2,3)7-4-5-8(10)11-6-7;1-9(2,3)8-5-4-6-10-7-8;1-9(2,3)8-6-4-5-7-10-8;1-8(2,3)7-5-9-10(4)6-7/h4-5,10H,6-9H2,1-3H3;2*5-7H,1-4H3;2*5-7H,1-4H3;4-6H,1-3H3;2*4-7H,1-3H3;5-6H,1-4H3. The summed E-state index contributed by atoms with van der Waals surface area (Å²) in [7, 11) is 5.22. The Hall–Kier alpha value is -7.94. The van der Waals surface area contributed by atoms with Crippen LogP contribution in [0.25, 0.3) is 0 Å². The molecule has 14 nitrogen and oxygen atoms in total. The Morgan fingerprint density at radius 2 is 0.835 bits per heavy atom. The maximum atomic E-state index is 5.65. The third-order valence-corrected chi connectivity index (χ3v) is 16.4. The number of rotatable bonds is 3. The molecule has 0 unspecified atom stereocenters. The van der Waals surface area contributed by atoms with Gasteiger partial charge in [0.1, 0.15) is 16.7 Å². The van der Waals surface area contributed by atoms with Crippen LogP contribution in [0.15, 0.2) is 172 Å². The van der Waals surface area contributed by atoms with Crippen LogP contribution in [0.5, 0.6) is 11.6 Å². The zero-order valence-electron chi connectivity index (χ0n) is 69.5. The maximum Gasteiger partial charge on any atom is 0.212 e. The Balaban J connectivity index is 0.000000395. The Kier molecular flexibility index (Phi) is 36.2. The van der Waals surface area contributed by atoms with Gasteiger partial charge in [0, 0.05) is 111 Å². The zero-order valence-corrected chi connectivity index (χ0v) is 70.3. The first-order valence-electron chi connectivity index (χ1n) is 35.9. The highest BCUT2D eigenvalue weighted by atomic mass is 35.5. The zero-order chi connectivity index (χ0) is 78.4. The van der Waals surface area contributed by atoms with Gasteiger partial charge in [0.2, 0.25) is 5.88 Å². The average molecular weight is 1430 g/mol. The van der Waals surface area contributed by atoms with E-state index in [1.807, 2.05) is 129 Å². The molecule has 9 aromatic rings. The summed E-state index contributed by atoms with van der Waals surface area (Å²) in [6, 6.07) is 30.6. The van der Waals surface area contributed by atoms with Crippen molar-refractivity contribution >= 4 is 17.4 Å². The molecule has 1 aliphatic rings. The molecule has 15 heteroatoms. The summed E-state index contributed by atoms with van der Waals surface area (Å²) in [5.74, 6) is 2.56. The largest absolute Gasteiger partial charge is 0.495 e. The van der Waals surface area contributed by atoms with Gasteiger partial charge in [-0.3, -0.25) is 29.6 Å². The summed E-state index contributed by atoms with van der Waals surface area (Å²) < 4.78 is 17.2. The molecule has 103 heavy (non-hydrogen) atoms. The third kappa shape index (κ3) is 36.9. The van der Waals surface area contributed by atoms with E-state index in [9.17, 15) is 0 Å². The predicted molar refractivity (Wildman–Crippen MR) is 436 cm³/mol. The molecule has 0 atom stereocenters. The molecule has 0 spiro atoms. The smallest absolute Gasteiger partial charge is 0.212 e. The van der Waals surface area contributed by atoms with E-state index in [-0.39, 0.29) is 48.7 Å². The molecule has 564 valence electrons. The van der Waals surface area contributed by atoms with Crippen LogP contribution in [0.1, 0.15) is 248 Å². The molecule has 1 saturated heterocycles. The van der Waals surface area contributed by atoms with Gasteiger partial charge < -0.3 is 19.1 Å². The third-order valence-electron chi connectivity index (χ3n) is 16.2. The Morgan fingerprint density at radius 3 is 1.17 bits per heavy atom. The van der Waals surface area contributed by atoms with E-state index < -0.39 is 0 Å². The number of ether oxygens (including phenoxy) is 3. The van der Waals surface area contributed by atoms with Crippen molar-refractivity contribution in [2.45, 2.75) is 250 Å². The Labute approximate surface area is 629 Å². The molecule has 0 bridgehead atoms. The number of pyridine rings is 8. The van der Waals surface area contributed by atoms with E-state index in [1.165, 1.54) is 50.1 Å². The second-order valence-corrected chi connectivity index (χ2v) is 35.5. The molecule has 9 aromatic heterocycles. The minimum Gasteiger partial charge on any atom is -0.495 e. The fourth-order valence-electron chi connectivity index (χ4n) is 8.81. The highest BCUT2D eigenvalue weighted by molar-refractivity contribution is 6.29. The number of hydrogen-bond donors (Lipinski definition) is 0. The summed E-state index contributed by atoms with van der Waals surface area (Å²) in [6.45, 7) is 66.4. The second kappa shape index (κ2) is 40.9. The quantitative estimate of drug-likeness (QED) is 0.154. The van der Waals surface area contributed by atoms with E-state index in [1.54, 1.807) is 26.6 Å². The molecule has 1 fully saturated rings. The molecule has 0 saturated carbocycles.